The molecule has 76 valence electrons. The third kappa shape index (κ3) is 1.69. The molecule has 0 aromatic heterocycles. The Morgan fingerprint density at radius 1 is 1.64 bits per heavy atom. The van der Waals surface area contributed by atoms with E-state index < -0.39 is 17.2 Å². The van der Waals surface area contributed by atoms with Crippen molar-refractivity contribution in [2.24, 2.45) is 5.41 Å². The van der Waals surface area contributed by atoms with Gasteiger partial charge in [0.05, 0.1) is 6.61 Å². The monoisotopic (exact) mass is 196 g/mol. The Bertz CT molecular complexity index is 327. The van der Waals surface area contributed by atoms with Crippen LogP contribution in [0.25, 0.3) is 0 Å². The summed E-state index contributed by atoms with van der Waals surface area (Å²) in [6.45, 7) is 3.36. The van der Waals surface area contributed by atoms with E-state index in [-0.39, 0.29) is 12.4 Å². The first-order valence-electron chi connectivity index (χ1n) is 4.32. The number of ether oxygens (including phenoxy) is 1. The molecule has 0 aromatic rings. The van der Waals surface area contributed by atoms with Crippen LogP contribution < -0.4 is 0 Å². The highest BCUT2D eigenvalue weighted by Crippen LogP contribution is 2.27. The van der Waals surface area contributed by atoms with Crippen LogP contribution in [0.4, 0.5) is 0 Å². The maximum atomic E-state index is 11.5. The largest absolute Gasteiger partial charge is 0.508 e. The molecule has 0 saturated carbocycles. The molecule has 0 saturated heterocycles. The lowest BCUT2D eigenvalue weighted by molar-refractivity contribution is -0.154. The number of carbonyl (C=O) groups is 2. The van der Waals surface area contributed by atoms with E-state index in [0.717, 1.165) is 6.08 Å². The van der Waals surface area contributed by atoms with E-state index in [1.165, 1.54) is 19.1 Å². The molecule has 1 unspecified atom stereocenters. The first kappa shape index (κ1) is 10.5. The summed E-state index contributed by atoms with van der Waals surface area (Å²) in [4.78, 5) is 22.9. The molecule has 0 heterocycles. The van der Waals surface area contributed by atoms with Crippen molar-refractivity contribution in [3.63, 3.8) is 0 Å². The lowest BCUT2D eigenvalue weighted by Crippen LogP contribution is -2.36. The second kappa shape index (κ2) is 3.65. The van der Waals surface area contributed by atoms with E-state index in [1.807, 2.05) is 0 Å². The molecular weight excluding hydrogens is 184 g/mol. The Kier molecular flexibility index (Phi) is 2.74. The Labute approximate surface area is 81.9 Å². The number of aliphatic hydroxyl groups is 1. The van der Waals surface area contributed by atoms with Gasteiger partial charge in [-0.25, -0.2) is 0 Å². The first-order valence-corrected chi connectivity index (χ1v) is 4.32. The predicted octanol–water partition coefficient (Wildman–Crippen LogP) is 1.14. The van der Waals surface area contributed by atoms with Gasteiger partial charge in [0.15, 0.2) is 5.78 Å². The Balaban J connectivity index is 2.92. The van der Waals surface area contributed by atoms with Crippen LogP contribution in [0.15, 0.2) is 24.0 Å². The van der Waals surface area contributed by atoms with Gasteiger partial charge in [0.1, 0.15) is 11.2 Å². The molecule has 0 radical (unpaired) electrons. The van der Waals surface area contributed by atoms with Gasteiger partial charge in [0.2, 0.25) is 0 Å². The number of hydrogen-bond donors (Lipinski definition) is 1. The molecule has 14 heavy (non-hydrogen) atoms. The van der Waals surface area contributed by atoms with Crippen LogP contribution in [0.5, 0.6) is 0 Å². The Morgan fingerprint density at radius 2 is 2.29 bits per heavy atom. The molecule has 1 atom stereocenters. The molecule has 0 bridgehead atoms. The number of rotatable bonds is 2. The number of hydrogen-bond acceptors (Lipinski definition) is 4. The molecule has 0 spiro atoms. The van der Waals surface area contributed by atoms with E-state index in [4.69, 9.17) is 9.84 Å². The van der Waals surface area contributed by atoms with E-state index in [9.17, 15) is 9.59 Å². The maximum absolute atomic E-state index is 11.5. The second-order valence-corrected chi connectivity index (χ2v) is 3.19. The molecule has 1 aliphatic rings. The average Bonchev–Trinajstić information content (AvgIpc) is 2.12. The predicted molar refractivity (Wildman–Crippen MR) is 49.6 cm³/mol. The van der Waals surface area contributed by atoms with Crippen molar-refractivity contribution in [1.29, 1.82) is 0 Å². The molecule has 0 amide bonds. The third-order valence-corrected chi connectivity index (χ3v) is 2.08. The Hall–Kier alpha value is -1.58. The highest BCUT2D eigenvalue weighted by molar-refractivity contribution is 6.11. The van der Waals surface area contributed by atoms with Gasteiger partial charge in [-0.15, -0.1) is 0 Å². The van der Waals surface area contributed by atoms with Crippen molar-refractivity contribution in [3.05, 3.63) is 24.0 Å². The summed E-state index contributed by atoms with van der Waals surface area (Å²) in [7, 11) is 0. The Morgan fingerprint density at radius 3 is 2.79 bits per heavy atom. The van der Waals surface area contributed by atoms with Crippen molar-refractivity contribution in [2.45, 2.75) is 13.8 Å². The SMILES string of the molecule is CCOC(=O)C1(C)C=CC(O)=CC1=O. The molecule has 4 heteroatoms. The van der Waals surface area contributed by atoms with Crippen LogP contribution in [0.1, 0.15) is 13.8 Å². The van der Waals surface area contributed by atoms with Crippen LogP contribution >= 0.6 is 0 Å². The van der Waals surface area contributed by atoms with E-state index in [0.29, 0.717) is 0 Å². The topological polar surface area (TPSA) is 63.6 Å². The fourth-order valence-corrected chi connectivity index (χ4v) is 1.12. The van der Waals surface area contributed by atoms with Crippen molar-refractivity contribution in [2.75, 3.05) is 6.61 Å². The van der Waals surface area contributed by atoms with E-state index >= 15 is 0 Å². The molecule has 1 aliphatic carbocycles. The standard InChI is InChI=1S/C10H12O4/c1-3-14-9(13)10(2)5-4-7(11)6-8(10)12/h4-6,11H,3H2,1-2H3. The number of aliphatic hydroxyl groups excluding tert-OH is 1. The highest BCUT2D eigenvalue weighted by Gasteiger charge is 2.40. The van der Waals surface area contributed by atoms with E-state index in [2.05, 4.69) is 0 Å². The molecule has 0 fully saturated rings. The van der Waals surface area contributed by atoms with Gasteiger partial charge in [0, 0.05) is 6.08 Å². The fraction of sp³-hybridized carbons (Fsp3) is 0.400. The summed E-state index contributed by atoms with van der Waals surface area (Å²) in [5, 5.41) is 9.02. The first-order chi connectivity index (χ1) is 6.50. The maximum Gasteiger partial charge on any atom is 0.323 e. The number of allylic oxidation sites excluding steroid dienone is 2. The van der Waals surface area contributed by atoms with Gasteiger partial charge in [0.25, 0.3) is 0 Å². The number of esters is 1. The molecular formula is C10H12O4. The molecule has 0 aromatic carbocycles. The zero-order valence-electron chi connectivity index (χ0n) is 8.11. The second-order valence-electron chi connectivity index (χ2n) is 3.19. The van der Waals surface area contributed by atoms with Gasteiger partial charge < -0.3 is 9.84 Å². The lowest BCUT2D eigenvalue weighted by atomic mass is 9.82. The van der Waals surface area contributed by atoms with Gasteiger partial charge in [-0.2, -0.15) is 0 Å². The molecule has 4 nitrogen and oxygen atoms in total. The zero-order chi connectivity index (χ0) is 10.8. The average molecular weight is 196 g/mol. The minimum atomic E-state index is -1.29. The molecule has 1 N–H and O–H groups in total. The summed E-state index contributed by atoms with van der Waals surface area (Å²) in [6.07, 6.45) is 3.69. The van der Waals surface area contributed by atoms with Crippen LogP contribution in [0.2, 0.25) is 0 Å². The van der Waals surface area contributed by atoms with Gasteiger partial charge in [-0.1, -0.05) is 6.08 Å². The summed E-state index contributed by atoms with van der Waals surface area (Å²) >= 11 is 0. The summed E-state index contributed by atoms with van der Waals surface area (Å²) < 4.78 is 4.77. The highest BCUT2D eigenvalue weighted by atomic mass is 16.5. The van der Waals surface area contributed by atoms with E-state index in [1.54, 1.807) is 6.92 Å². The van der Waals surface area contributed by atoms with Gasteiger partial charge in [-0.3, -0.25) is 9.59 Å². The van der Waals surface area contributed by atoms with Crippen molar-refractivity contribution < 1.29 is 19.4 Å². The minimum Gasteiger partial charge on any atom is -0.508 e. The summed E-state index contributed by atoms with van der Waals surface area (Å²) in [6, 6.07) is 0. The van der Waals surface area contributed by atoms with Crippen LogP contribution in [-0.2, 0) is 14.3 Å². The molecule has 0 aliphatic heterocycles. The number of ketones is 1. The quantitative estimate of drug-likeness (QED) is 0.531. The van der Waals surface area contributed by atoms with Crippen molar-refractivity contribution >= 4 is 11.8 Å². The normalized spacial score (nSPS) is 25.9. The summed E-state index contributed by atoms with van der Waals surface area (Å²) in [5.41, 5.74) is -1.29. The van der Waals surface area contributed by atoms with Gasteiger partial charge in [-0.05, 0) is 19.9 Å². The van der Waals surface area contributed by atoms with Crippen molar-refractivity contribution in [3.8, 4) is 0 Å². The minimum absolute atomic E-state index is 0.142. The fourth-order valence-electron chi connectivity index (χ4n) is 1.12. The van der Waals surface area contributed by atoms with Gasteiger partial charge >= 0.3 is 5.97 Å². The number of carbonyl (C=O) groups excluding carboxylic acids is 2. The summed E-state index contributed by atoms with van der Waals surface area (Å²) in [5.74, 6) is -1.20. The van der Waals surface area contributed by atoms with Crippen LogP contribution in [0.3, 0.4) is 0 Å². The van der Waals surface area contributed by atoms with Crippen LogP contribution in [0, 0.1) is 5.41 Å². The molecule has 1 rings (SSSR count). The lowest BCUT2D eigenvalue weighted by Gasteiger charge is -2.22. The smallest absolute Gasteiger partial charge is 0.323 e. The van der Waals surface area contributed by atoms with Crippen molar-refractivity contribution in [1.82, 2.24) is 0 Å². The zero-order valence-corrected chi connectivity index (χ0v) is 8.11. The van der Waals surface area contributed by atoms with Crippen LogP contribution in [-0.4, -0.2) is 23.5 Å². The third-order valence-electron chi connectivity index (χ3n) is 2.08.